The van der Waals surface area contributed by atoms with Crippen LogP contribution in [-0.4, -0.2) is 47.8 Å². The molecule has 2 aliphatic rings. The second-order valence-corrected chi connectivity index (χ2v) is 5.85. The van der Waals surface area contributed by atoms with Crippen LogP contribution in [0.25, 0.3) is 0 Å². The molecule has 1 aliphatic carbocycles. The van der Waals surface area contributed by atoms with E-state index >= 15 is 0 Å². The molecule has 0 aromatic heterocycles. The highest BCUT2D eigenvalue weighted by atomic mass is 16.3. The summed E-state index contributed by atoms with van der Waals surface area (Å²) >= 11 is 0. The van der Waals surface area contributed by atoms with Gasteiger partial charge in [0.05, 0.1) is 6.61 Å². The van der Waals surface area contributed by atoms with Gasteiger partial charge in [-0.25, -0.2) is 0 Å². The molecule has 2 rings (SSSR count). The Bertz CT molecular complexity index is 228. The number of likely N-dealkylation sites (tertiary alicyclic amines) is 1. The predicted octanol–water partition coefficient (Wildman–Crippen LogP) is 1.36. The van der Waals surface area contributed by atoms with Crippen molar-refractivity contribution in [1.29, 1.82) is 0 Å². The Kier molecular flexibility index (Phi) is 3.88. The second kappa shape index (κ2) is 5.03. The summed E-state index contributed by atoms with van der Waals surface area (Å²) < 4.78 is 0. The number of rotatable bonds is 3. The van der Waals surface area contributed by atoms with E-state index in [1.807, 2.05) is 0 Å². The average Bonchev–Trinajstić information content (AvgIpc) is 2.76. The molecule has 3 nitrogen and oxygen atoms in total. The number of aliphatic hydroxyl groups excluding tert-OH is 1. The molecule has 0 bridgehead atoms. The molecule has 0 spiro atoms. The van der Waals surface area contributed by atoms with Crippen molar-refractivity contribution in [3.63, 3.8) is 0 Å². The van der Waals surface area contributed by atoms with Crippen molar-refractivity contribution in [2.75, 3.05) is 20.2 Å². The van der Waals surface area contributed by atoms with Crippen LogP contribution in [0.4, 0.5) is 0 Å². The molecular weight excluding hydrogens is 200 g/mol. The van der Waals surface area contributed by atoms with E-state index in [-0.39, 0.29) is 5.54 Å². The Hall–Kier alpha value is -0.120. The van der Waals surface area contributed by atoms with Crippen molar-refractivity contribution in [3.05, 3.63) is 0 Å². The molecule has 1 saturated heterocycles. The molecule has 94 valence electrons. The lowest BCUT2D eigenvalue weighted by Gasteiger charge is -2.45. The number of hydrogen-bond acceptors (Lipinski definition) is 3. The molecule has 0 amide bonds. The number of nitrogens with zero attached hydrogens (tertiary/aromatic N) is 1. The SMILES string of the molecule is CC1CC(CO)(NC2CCCC2)CCN1C. The van der Waals surface area contributed by atoms with Crippen molar-refractivity contribution in [2.45, 2.75) is 63.1 Å². The minimum Gasteiger partial charge on any atom is -0.394 e. The van der Waals surface area contributed by atoms with Crippen molar-refractivity contribution >= 4 is 0 Å². The fraction of sp³-hybridized carbons (Fsp3) is 1.00. The summed E-state index contributed by atoms with van der Waals surface area (Å²) in [4.78, 5) is 2.39. The van der Waals surface area contributed by atoms with Crippen LogP contribution in [0.3, 0.4) is 0 Å². The van der Waals surface area contributed by atoms with Gasteiger partial charge in [-0.2, -0.15) is 0 Å². The smallest absolute Gasteiger partial charge is 0.0614 e. The molecule has 0 radical (unpaired) electrons. The van der Waals surface area contributed by atoms with Crippen LogP contribution < -0.4 is 5.32 Å². The van der Waals surface area contributed by atoms with Crippen molar-refractivity contribution in [3.8, 4) is 0 Å². The van der Waals surface area contributed by atoms with Gasteiger partial charge in [0.2, 0.25) is 0 Å². The van der Waals surface area contributed by atoms with Crippen molar-refractivity contribution in [1.82, 2.24) is 10.2 Å². The minimum absolute atomic E-state index is 0.000926. The predicted molar refractivity (Wildman–Crippen MR) is 66.5 cm³/mol. The zero-order valence-electron chi connectivity index (χ0n) is 10.7. The summed E-state index contributed by atoms with van der Waals surface area (Å²) in [7, 11) is 2.18. The molecule has 2 unspecified atom stereocenters. The third-order valence-corrected chi connectivity index (χ3v) is 4.55. The molecule has 2 N–H and O–H groups in total. The molecule has 16 heavy (non-hydrogen) atoms. The molecule has 2 fully saturated rings. The standard InChI is InChI=1S/C13H26N2O/c1-11-9-13(10-16,7-8-15(11)2)14-12-5-3-4-6-12/h11-12,14,16H,3-10H2,1-2H3. The van der Waals surface area contributed by atoms with Crippen LogP contribution >= 0.6 is 0 Å². The lowest BCUT2D eigenvalue weighted by molar-refractivity contribution is 0.0514. The van der Waals surface area contributed by atoms with E-state index < -0.39 is 0 Å². The van der Waals surface area contributed by atoms with E-state index in [0.717, 1.165) is 19.4 Å². The Morgan fingerprint density at radius 3 is 2.62 bits per heavy atom. The molecule has 2 atom stereocenters. The van der Waals surface area contributed by atoms with E-state index in [0.29, 0.717) is 18.7 Å². The highest BCUT2D eigenvalue weighted by Crippen LogP contribution is 2.29. The van der Waals surface area contributed by atoms with E-state index in [4.69, 9.17) is 0 Å². The summed E-state index contributed by atoms with van der Waals surface area (Å²) in [5.41, 5.74) is 0.000926. The van der Waals surface area contributed by atoms with Crippen LogP contribution in [-0.2, 0) is 0 Å². The Balaban J connectivity index is 1.95. The summed E-state index contributed by atoms with van der Waals surface area (Å²) in [5, 5.41) is 13.5. The van der Waals surface area contributed by atoms with Crippen LogP contribution in [0.1, 0.15) is 45.4 Å². The number of nitrogens with one attached hydrogen (secondary N) is 1. The van der Waals surface area contributed by atoms with Gasteiger partial charge < -0.3 is 15.3 Å². The van der Waals surface area contributed by atoms with Gasteiger partial charge in [-0.3, -0.25) is 0 Å². The minimum atomic E-state index is 0.000926. The Labute approximate surface area is 99.2 Å². The Morgan fingerprint density at radius 2 is 2.06 bits per heavy atom. The zero-order valence-corrected chi connectivity index (χ0v) is 10.7. The van der Waals surface area contributed by atoms with Gasteiger partial charge in [0, 0.05) is 17.6 Å². The fourth-order valence-corrected chi connectivity index (χ4v) is 3.26. The lowest BCUT2D eigenvalue weighted by Crippen LogP contribution is -2.60. The number of hydrogen-bond donors (Lipinski definition) is 2. The topological polar surface area (TPSA) is 35.5 Å². The largest absolute Gasteiger partial charge is 0.394 e. The number of piperidine rings is 1. The number of aliphatic hydroxyl groups is 1. The first-order chi connectivity index (χ1) is 7.65. The van der Waals surface area contributed by atoms with Crippen LogP contribution in [0.5, 0.6) is 0 Å². The second-order valence-electron chi connectivity index (χ2n) is 5.85. The van der Waals surface area contributed by atoms with Crippen LogP contribution in [0.2, 0.25) is 0 Å². The van der Waals surface area contributed by atoms with Crippen molar-refractivity contribution < 1.29 is 5.11 Å². The van der Waals surface area contributed by atoms with Crippen LogP contribution in [0, 0.1) is 0 Å². The maximum Gasteiger partial charge on any atom is 0.0614 e. The maximum atomic E-state index is 9.72. The molecular formula is C13H26N2O. The first-order valence-corrected chi connectivity index (χ1v) is 6.74. The Morgan fingerprint density at radius 1 is 1.38 bits per heavy atom. The molecule has 0 aromatic rings. The highest BCUT2D eigenvalue weighted by molar-refractivity contribution is 4.98. The molecule has 1 heterocycles. The third kappa shape index (κ3) is 2.58. The highest BCUT2D eigenvalue weighted by Gasteiger charge is 2.38. The van der Waals surface area contributed by atoms with E-state index in [1.54, 1.807) is 0 Å². The van der Waals surface area contributed by atoms with Crippen molar-refractivity contribution in [2.24, 2.45) is 0 Å². The quantitative estimate of drug-likeness (QED) is 0.763. The molecule has 3 heteroatoms. The van der Waals surface area contributed by atoms with Gasteiger partial charge in [0.25, 0.3) is 0 Å². The lowest BCUT2D eigenvalue weighted by atomic mass is 9.83. The summed E-state index contributed by atoms with van der Waals surface area (Å²) in [6, 6.07) is 1.23. The molecule has 1 aliphatic heterocycles. The summed E-state index contributed by atoms with van der Waals surface area (Å²) in [6.45, 7) is 3.66. The van der Waals surface area contributed by atoms with Gasteiger partial charge >= 0.3 is 0 Å². The average molecular weight is 226 g/mol. The van der Waals surface area contributed by atoms with Gasteiger partial charge in [0.15, 0.2) is 0 Å². The fourth-order valence-electron chi connectivity index (χ4n) is 3.26. The monoisotopic (exact) mass is 226 g/mol. The zero-order chi connectivity index (χ0) is 11.6. The van der Waals surface area contributed by atoms with Gasteiger partial charge in [-0.05, 0) is 46.2 Å². The van der Waals surface area contributed by atoms with E-state index in [1.165, 1.54) is 25.7 Å². The van der Waals surface area contributed by atoms with Crippen LogP contribution in [0.15, 0.2) is 0 Å². The summed E-state index contributed by atoms with van der Waals surface area (Å²) in [6.07, 6.45) is 7.47. The maximum absolute atomic E-state index is 9.72. The van der Waals surface area contributed by atoms with E-state index in [9.17, 15) is 5.11 Å². The van der Waals surface area contributed by atoms with E-state index in [2.05, 4.69) is 24.2 Å². The first kappa shape index (κ1) is 12.3. The molecule has 1 saturated carbocycles. The van der Waals surface area contributed by atoms with Gasteiger partial charge in [-0.15, -0.1) is 0 Å². The third-order valence-electron chi connectivity index (χ3n) is 4.55. The van der Waals surface area contributed by atoms with Gasteiger partial charge in [0.1, 0.15) is 0 Å². The van der Waals surface area contributed by atoms with Gasteiger partial charge in [-0.1, -0.05) is 12.8 Å². The first-order valence-electron chi connectivity index (χ1n) is 6.74. The normalized spacial score (nSPS) is 38.1. The summed E-state index contributed by atoms with van der Waals surface area (Å²) in [5.74, 6) is 0. The molecule has 0 aromatic carbocycles.